The SMILES string of the molecule is CSc1ccc(S(=O)(=O)N(CC(=O)O)c2ccccc2-c2ccccc2)cc1. The van der Waals surface area contributed by atoms with Gasteiger partial charge in [0.25, 0.3) is 10.0 Å². The Morgan fingerprint density at radius 1 is 0.929 bits per heavy atom. The zero-order valence-electron chi connectivity index (χ0n) is 15.1. The molecule has 7 heteroatoms. The molecule has 0 fully saturated rings. The highest BCUT2D eigenvalue weighted by Crippen LogP contribution is 2.34. The molecule has 0 saturated carbocycles. The number of carboxylic acids is 1. The lowest BCUT2D eigenvalue weighted by Crippen LogP contribution is -2.36. The van der Waals surface area contributed by atoms with Gasteiger partial charge in [-0.05, 0) is 42.2 Å². The number of para-hydroxylation sites is 1. The van der Waals surface area contributed by atoms with Gasteiger partial charge < -0.3 is 5.11 Å². The maximum atomic E-state index is 13.3. The van der Waals surface area contributed by atoms with Gasteiger partial charge in [-0.1, -0.05) is 48.5 Å². The Bertz CT molecular complexity index is 1070. The van der Waals surface area contributed by atoms with Gasteiger partial charge in [-0.3, -0.25) is 9.10 Å². The molecular formula is C21H19NO4S2. The average Bonchev–Trinajstić information content (AvgIpc) is 2.72. The minimum atomic E-state index is -4.06. The van der Waals surface area contributed by atoms with Crippen molar-refractivity contribution in [1.82, 2.24) is 0 Å². The van der Waals surface area contributed by atoms with Crippen LogP contribution in [0.15, 0.2) is 88.7 Å². The summed E-state index contributed by atoms with van der Waals surface area (Å²) < 4.78 is 27.6. The summed E-state index contributed by atoms with van der Waals surface area (Å²) in [5, 5.41) is 9.39. The third-order valence-corrected chi connectivity index (χ3v) is 6.70. The topological polar surface area (TPSA) is 74.7 Å². The number of aliphatic carboxylic acids is 1. The van der Waals surface area contributed by atoms with Crippen LogP contribution in [0.1, 0.15) is 0 Å². The number of benzene rings is 3. The molecule has 0 atom stereocenters. The lowest BCUT2D eigenvalue weighted by molar-refractivity contribution is -0.135. The quantitative estimate of drug-likeness (QED) is 0.583. The van der Waals surface area contributed by atoms with E-state index in [4.69, 9.17) is 0 Å². The van der Waals surface area contributed by atoms with Gasteiger partial charge in [0, 0.05) is 10.5 Å². The summed E-state index contributed by atoms with van der Waals surface area (Å²) in [6.07, 6.45) is 1.90. The first kappa shape index (κ1) is 20.0. The molecule has 0 aliphatic carbocycles. The van der Waals surface area contributed by atoms with Crippen molar-refractivity contribution in [3.05, 3.63) is 78.9 Å². The zero-order chi connectivity index (χ0) is 20.1. The molecule has 5 nitrogen and oxygen atoms in total. The summed E-state index contributed by atoms with van der Waals surface area (Å²) in [5.74, 6) is -1.23. The number of sulfonamides is 1. The van der Waals surface area contributed by atoms with E-state index >= 15 is 0 Å². The van der Waals surface area contributed by atoms with Gasteiger partial charge in [0.05, 0.1) is 10.6 Å². The number of thioether (sulfide) groups is 1. The molecule has 0 aromatic heterocycles. The Balaban J connectivity index is 2.15. The number of carboxylic acid groups (broad SMARTS) is 1. The average molecular weight is 414 g/mol. The molecule has 3 aromatic carbocycles. The van der Waals surface area contributed by atoms with E-state index in [2.05, 4.69) is 0 Å². The summed E-state index contributed by atoms with van der Waals surface area (Å²) >= 11 is 1.50. The minimum absolute atomic E-state index is 0.0504. The van der Waals surface area contributed by atoms with E-state index in [-0.39, 0.29) is 4.90 Å². The van der Waals surface area contributed by atoms with E-state index in [1.807, 2.05) is 36.6 Å². The second-order valence-corrected chi connectivity index (χ2v) is 8.71. The van der Waals surface area contributed by atoms with Crippen LogP contribution in [-0.2, 0) is 14.8 Å². The summed E-state index contributed by atoms with van der Waals surface area (Å²) in [6.45, 7) is -0.670. The molecule has 0 unspecified atom stereocenters. The van der Waals surface area contributed by atoms with Gasteiger partial charge in [0.1, 0.15) is 6.54 Å². The van der Waals surface area contributed by atoms with Crippen LogP contribution in [0.4, 0.5) is 5.69 Å². The third kappa shape index (κ3) is 4.21. The molecule has 0 spiro atoms. The van der Waals surface area contributed by atoms with Crippen LogP contribution in [0.3, 0.4) is 0 Å². The van der Waals surface area contributed by atoms with Gasteiger partial charge in [0.2, 0.25) is 0 Å². The smallest absolute Gasteiger partial charge is 0.324 e. The van der Waals surface area contributed by atoms with Crippen LogP contribution in [0.2, 0.25) is 0 Å². The van der Waals surface area contributed by atoms with Crippen LogP contribution in [0.25, 0.3) is 11.1 Å². The summed E-state index contributed by atoms with van der Waals surface area (Å²) in [5.41, 5.74) is 1.78. The van der Waals surface area contributed by atoms with Crippen LogP contribution < -0.4 is 4.31 Å². The Hall–Kier alpha value is -2.77. The Kier molecular flexibility index (Phi) is 6.06. The lowest BCUT2D eigenvalue weighted by Gasteiger charge is -2.25. The standard InChI is InChI=1S/C21H19NO4S2/c1-27-17-11-13-18(14-12-17)28(25,26)22(15-21(23)24)20-10-6-5-9-19(20)16-7-3-2-4-8-16/h2-14H,15H2,1H3,(H,23,24). The van der Waals surface area contributed by atoms with Crippen molar-refractivity contribution in [2.45, 2.75) is 9.79 Å². The van der Waals surface area contributed by atoms with E-state index < -0.39 is 22.5 Å². The molecule has 144 valence electrons. The first-order valence-corrected chi connectivity index (χ1v) is 11.1. The molecule has 0 aliphatic rings. The Morgan fingerprint density at radius 2 is 1.54 bits per heavy atom. The summed E-state index contributed by atoms with van der Waals surface area (Å²) in [4.78, 5) is 12.5. The van der Waals surface area contributed by atoms with Gasteiger partial charge in [-0.2, -0.15) is 0 Å². The third-order valence-electron chi connectivity index (χ3n) is 4.18. The van der Waals surface area contributed by atoms with Crippen molar-refractivity contribution >= 4 is 33.4 Å². The summed E-state index contributed by atoms with van der Waals surface area (Å²) in [6, 6.07) is 22.6. The van der Waals surface area contributed by atoms with Crippen LogP contribution in [0, 0.1) is 0 Å². The van der Waals surface area contributed by atoms with E-state index in [1.165, 1.54) is 23.9 Å². The number of hydrogen-bond acceptors (Lipinski definition) is 4. The molecule has 0 amide bonds. The van der Waals surface area contributed by atoms with Crippen LogP contribution in [-0.4, -0.2) is 32.3 Å². The highest BCUT2D eigenvalue weighted by Gasteiger charge is 2.29. The molecule has 0 heterocycles. The number of anilines is 1. The first-order chi connectivity index (χ1) is 13.4. The Morgan fingerprint density at radius 3 is 2.14 bits per heavy atom. The zero-order valence-corrected chi connectivity index (χ0v) is 16.8. The van der Waals surface area contributed by atoms with Crippen molar-refractivity contribution in [3.8, 4) is 11.1 Å². The highest BCUT2D eigenvalue weighted by molar-refractivity contribution is 7.98. The molecular weight excluding hydrogens is 394 g/mol. The van der Waals surface area contributed by atoms with Crippen LogP contribution in [0.5, 0.6) is 0 Å². The minimum Gasteiger partial charge on any atom is -0.480 e. The second kappa shape index (κ2) is 8.50. The van der Waals surface area contributed by atoms with Crippen molar-refractivity contribution in [3.63, 3.8) is 0 Å². The molecule has 0 aliphatic heterocycles. The fourth-order valence-electron chi connectivity index (χ4n) is 2.85. The lowest BCUT2D eigenvalue weighted by atomic mass is 10.0. The molecule has 0 bridgehead atoms. The van der Waals surface area contributed by atoms with Crippen molar-refractivity contribution in [1.29, 1.82) is 0 Å². The first-order valence-electron chi connectivity index (χ1n) is 8.46. The molecule has 0 saturated heterocycles. The maximum Gasteiger partial charge on any atom is 0.324 e. The second-order valence-electron chi connectivity index (χ2n) is 5.96. The van der Waals surface area contributed by atoms with E-state index in [1.54, 1.807) is 36.4 Å². The normalized spacial score (nSPS) is 11.2. The fraction of sp³-hybridized carbons (Fsp3) is 0.0952. The molecule has 3 aromatic rings. The monoisotopic (exact) mass is 413 g/mol. The fourth-order valence-corrected chi connectivity index (χ4v) is 4.69. The van der Waals surface area contributed by atoms with Crippen LogP contribution >= 0.6 is 11.8 Å². The highest BCUT2D eigenvalue weighted by atomic mass is 32.2. The van der Waals surface area contributed by atoms with Gasteiger partial charge >= 0.3 is 5.97 Å². The maximum absolute atomic E-state index is 13.3. The van der Waals surface area contributed by atoms with Crippen molar-refractivity contribution in [2.75, 3.05) is 17.1 Å². The van der Waals surface area contributed by atoms with Gasteiger partial charge in [-0.15, -0.1) is 11.8 Å². The van der Waals surface area contributed by atoms with E-state index in [9.17, 15) is 18.3 Å². The number of rotatable bonds is 7. The van der Waals surface area contributed by atoms with Crippen molar-refractivity contribution < 1.29 is 18.3 Å². The number of carbonyl (C=O) groups is 1. The van der Waals surface area contributed by atoms with E-state index in [0.29, 0.717) is 11.3 Å². The largest absolute Gasteiger partial charge is 0.480 e. The Labute approximate surface area is 168 Å². The predicted molar refractivity (Wildman–Crippen MR) is 112 cm³/mol. The predicted octanol–water partition coefficient (Wildman–Crippen LogP) is 4.36. The molecule has 1 N–H and O–H groups in total. The molecule has 0 radical (unpaired) electrons. The van der Waals surface area contributed by atoms with Gasteiger partial charge in [-0.25, -0.2) is 8.42 Å². The summed E-state index contributed by atoms with van der Waals surface area (Å²) in [7, 11) is -4.06. The number of hydrogen-bond donors (Lipinski definition) is 1. The molecule has 3 rings (SSSR count). The van der Waals surface area contributed by atoms with Gasteiger partial charge in [0.15, 0.2) is 0 Å². The van der Waals surface area contributed by atoms with E-state index in [0.717, 1.165) is 14.8 Å². The van der Waals surface area contributed by atoms with Crippen molar-refractivity contribution in [2.24, 2.45) is 0 Å². The molecule has 28 heavy (non-hydrogen) atoms. The number of nitrogens with zero attached hydrogens (tertiary/aromatic N) is 1.